The summed E-state index contributed by atoms with van der Waals surface area (Å²) in [5, 5.41) is 6.07. The fraction of sp³-hybridized carbons (Fsp3) is 0.611. The van der Waals surface area contributed by atoms with E-state index < -0.39 is 10.0 Å². The number of ether oxygens (including phenoxy) is 2. The van der Waals surface area contributed by atoms with Crippen LogP contribution in [0.15, 0.2) is 23.1 Å². The molecule has 0 radical (unpaired) electrons. The van der Waals surface area contributed by atoms with E-state index in [2.05, 4.69) is 10.6 Å². The maximum absolute atomic E-state index is 13.1. The third-order valence-corrected chi connectivity index (χ3v) is 6.69. The van der Waals surface area contributed by atoms with E-state index in [9.17, 15) is 13.2 Å². The van der Waals surface area contributed by atoms with Crippen molar-refractivity contribution < 1.29 is 22.7 Å². The molecular formula is C18H27N3O5S. The fourth-order valence-corrected chi connectivity index (χ4v) is 4.87. The molecule has 0 saturated carbocycles. The van der Waals surface area contributed by atoms with Gasteiger partial charge in [0.25, 0.3) is 0 Å². The summed E-state index contributed by atoms with van der Waals surface area (Å²) in [5.74, 6) is 0.0898. The second-order valence-corrected chi connectivity index (χ2v) is 8.55. The van der Waals surface area contributed by atoms with Gasteiger partial charge in [0.1, 0.15) is 10.6 Å². The number of hydrogen-bond acceptors (Lipinski definition) is 6. The molecule has 2 saturated heterocycles. The molecule has 1 unspecified atom stereocenters. The van der Waals surface area contributed by atoms with Crippen molar-refractivity contribution in [2.45, 2.75) is 24.7 Å². The Morgan fingerprint density at radius 1 is 1.37 bits per heavy atom. The zero-order valence-electron chi connectivity index (χ0n) is 15.6. The predicted molar refractivity (Wildman–Crippen MR) is 101 cm³/mol. The lowest BCUT2D eigenvalue weighted by molar-refractivity contribution is -0.120. The second kappa shape index (κ2) is 9.01. The Kier molecular flexibility index (Phi) is 6.69. The van der Waals surface area contributed by atoms with Crippen molar-refractivity contribution in [3.8, 4) is 5.75 Å². The van der Waals surface area contributed by atoms with Crippen LogP contribution in [0.1, 0.15) is 19.8 Å². The number of anilines is 1. The van der Waals surface area contributed by atoms with Gasteiger partial charge in [-0.2, -0.15) is 4.31 Å². The Bertz CT molecular complexity index is 756. The lowest BCUT2D eigenvalue weighted by atomic mass is 9.99. The Hall–Kier alpha value is -1.68. The Morgan fingerprint density at radius 2 is 2.15 bits per heavy atom. The van der Waals surface area contributed by atoms with E-state index in [1.54, 1.807) is 19.1 Å². The highest BCUT2D eigenvalue weighted by molar-refractivity contribution is 7.89. The molecule has 1 atom stereocenters. The molecule has 9 heteroatoms. The molecule has 0 aromatic heterocycles. The average molecular weight is 397 g/mol. The van der Waals surface area contributed by atoms with Crippen molar-refractivity contribution >= 4 is 21.6 Å². The average Bonchev–Trinajstić information content (AvgIpc) is 2.70. The molecule has 1 aromatic carbocycles. The van der Waals surface area contributed by atoms with E-state index in [0.717, 1.165) is 19.4 Å². The quantitative estimate of drug-likeness (QED) is 0.745. The van der Waals surface area contributed by atoms with E-state index in [4.69, 9.17) is 9.47 Å². The highest BCUT2D eigenvalue weighted by Crippen LogP contribution is 2.31. The highest BCUT2D eigenvalue weighted by Gasteiger charge is 2.30. The number of hydrogen-bond donors (Lipinski definition) is 2. The second-order valence-electron chi connectivity index (χ2n) is 6.64. The molecule has 1 amide bonds. The minimum absolute atomic E-state index is 0.0748. The molecular weight excluding hydrogens is 370 g/mol. The van der Waals surface area contributed by atoms with Crippen molar-refractivity contribution in [2.24, 2.45) is 5.92 Å². The maximum Gasteiger partial charge on any atom is 0.246 e. The van der Waals surface area contributed by atoms with Gasteiger partial charge in [-0.15, -0.1) is 0 Å². The summed E-state index contributed by atoms with van der Waals surface area (Å²) in [6.45, 7) is 5.07. The van der Waals surface area contributed by atoms with Gasteiger partial charge in [-0.05, 0) is 44.5 Å². The lowest BCUT2D eigenvalue weighted by Crippen LogP contribution is -2.40. The molecule has 0 aliphatic carbocycles. The number of carbonyl (C=O) groups is 1. The Labute approximate surface area is 160 Å². The molecule has 8 nitrogen and oxygen atoms in total. The van der Waals surface area contributed by atoms with E-state index in [0.29, 0.717) is 50.9 Å². The molecule has 2 fully saturated rings. The van der Waals surface area contributed by atoms with Gasteiger partial charge in [0.15, 0.2) is 0 Å². The van der Waals surface area contributed by atoms with E-state index in [1.165, 1.54) is 10.4 Å². The van der Waals surface area contributed by atoms with Crippen LogP contribution in [-0.4, -0.2) is 64.6 Å². The number of nitrogens with one attached hydrogen (secondary N) is 2. The first-order valence-corrected chi connectivity index (χ1v) is 10.8. The number of nitrogens with zero attached hydrogens (tertiary/aromatic N) is 1. The van der Waals surface area contributed by atoms with Gasteiger partial charge in [0, 0.05) is 25.3 Å². The zero-order valence-corrected chi connectivity index (χ0v) is 16.4. The van der Waals surface area contributed by atoms with Gasteiger partial charge in [0.05, 0.1) is 25.7 Å². The van der Waals surface area contributed by atoms with E-state index >= 15 is 0 Å². The smallest absolute Gasteiger partial charge is 0.246 e. The van der Waals surface area contributed by atoms with Gasteiger partial charge in [-0.1, -0.05) is 0 Å². The Balaban J connectivity index is 1.84. The van der Waals surface area contributed by atoms with Crippen LogP contribution in [0.3, 0.4) is 0 Å². The van der Waals surface area contributed by atoms with E-state index in [1.807, 2.05) is 0 Å². The molecule has 2 aliphatic heterocycles. The van der Waals surface area contributed by atoms with E-state index in [-0.39, 0.29) is 16.7 Å². The van der Waals surface area contributed by atoms with Crippen molar-refractivity contribution in [3.63, 3.8) is 0 Å². The molecule has 27 heavy (non-hydrogen) atoms. The highest BCUT2D eigenvalue weighted by atomic mass is 32.2. The van der Waals surface area contributed by atoms with Gasteiger partial charge in [-0.3, -0.25) is 4.79 Å². The largest absolute Gasteiger partial charge is 0.492 e. The fourth-order valence-electron chi connectivity index (χ4n) is 3.31. The summed E-state index contributed by atoms with van der Waals surface area (Å²) in [6, 6.07) is 4.77. The standard InChI is InChI=1S/C18H27N3O5S/c1-2-26-16-6-5-15(20-18(22)14-4-3-7-19-13-14)12-17(16)27(23,24)21-8-10-25-11-9-21/h5-6,12,14,19H,2-4,7-11,13H2,1H3,(H,20,22). The number of morpholine rings is 1. The van der Waals surface area contributed by atoms with Gasteiger partial charge in [0.2, 0.25) is 15.9 Å². The molecule has 2 heterocycles. The summed E-state index contributed by atoms with van der Waals surface area (Å²) in [7, 11) is -3.73. The molecule has 0 bridgehead atoms. The van der Waals surface area contributed by atoms with Crippen LogP contribution in [0.5, 0.6) is 5.75 Å². The Morgan fingerprint density at radius 3 is 2.81 bits per heavy atom. The minimum Gasteiger partial charge on any atom is -0.492 e. The summed E-state index contributed by atoms with van der Waals surface area (Å²) < 4.78 is 38.4. The van der Waals surface area contributed by atoms with Crippen LogP contribution in [-0.2, 0) is 19.6 Å². The maximum atomic E-state index is 13.1. The molecule has 3 rings (SSSR count). The van der Waals surface area contributed by atoms with Crippen LogP contribution in [0, 0.1) is 5.92 Å². The first kappa shape index (κ1) is 20.1. The zero-order chi connectivity index (χ0) is 19.3. The van der Waals surface area contributed by atoms with Gasteiger partial charge >= 0.3 is 0 Å². The first-order valence-electron chi connectivity index (χ1n) is 9.38. The number of piperidine rings is 1. The van der Waals surface area contributed by atoms with Crippen LogP contribution >= 0.6 is 0 Å². The number of rotatable bonds is 6. The van der Waals surface area contributed by atoms with Crippen molar-refractivity contribution in [2.75, 3.05) is 51.3 Å². The summed E-state index contributed by atoms with van der Waals surface area (Å²) >= 11 is 0. The van der Waals surface area contributed by atoms with Crippen molar-refractivity contribution in [3.05, 3.63) is 18.2 Å². The summed E-state index contributed by atoms with van der Waals surface area (Å²) in [4.78, 5) is 12.6. The topological polar surface area (TPSA) is 97.0 Å². The molecule has 2 aliphatic rings. The van der Waals surface area contributed by atoms with Crippen molar-refractivity contribution in [1.82, 2.24) is 9.62 Å². The molecule has 150 valence electrons. The summed E-state index contributed by atoms with van der Waals surface area (Å²) in [6.07, 6.45) is 1.78. The SMILES string of the molecule is CCOc1ccc(NC(=O)C2CCCNC2)cc1S(=O)(=O)N1CCOCC1. The monoisotopic (exact) mass is 397 g/mol. The number of sulfonamides is 1. The first-order chi connectivity index (χ1) is 13.0. The normalized spacial score (nSPS) is 21.6. The van der Waals surface area contributed by atoms with Crippen LogP contribution in [0.25, 0.3) is 0 Å². The third-order valence-electron chi connectivity index (χ3n) is 4.77. The predicted octanol–water partition coefficient (Wildman–Crippen LogP) is 1.04. The number of amides is 1. The third kappa shape index (κ3) is 4.78. The number of carbonyl (C=O) groups excluding carboxylic acids is 1. The van der Waals surface area contributed by atoms with Crippen LogP contribution < -0.4 is 15.4 Å². The van der Waals surface area contributed by atoms with Crippen LogP contribution in [0.2, 0.25) is 0 Å². The van der Waals surface area contributed by atoms with Crippen molar-refractivity contribution in [1.29, 1.82) is 0 Å². The molecule has 2 N–H and O–H groups in total. The molecule has 0 spiro atoms. The summed E-state index contributed by atoms with van der Waals surface area (Å²) in [5.41, 5.74) is 0.459. The molecule has 1 aromatic rings. The lowest BCUT2D eigenvalue weighted by Gasteiger charge is -2.27. The van der Waals surface area contributed by atoms with Gasteiger partial charge in [-0.25, -0.2) is 8.42 Å². The van der Waals surface area contributed by atoms with Crippen LogP contribution in [0.4, 0.5) is 5.69 Å². The minimum atomic E-state index is -3.73. The number of benzene rings is 1. The van der Waals surface area contributed by atoms with Gasteiger partial charge < -0.3 is 20.1 Å².